The molecule has 3 atom stereocenters. The van der Waals surface area contributed by atoms with Gasteiger partial charge >= 0.3 is 5.97 Å². The van der Waals surface area contributed by atoms with Crippen LogP contribution in [0.4, 0.5) is 0 Å². The van der Waals surface area contributed by atoms with Gasteiger partial charge in [0, 0.05) is 17.9 Å². The first-order chi connectivity index (χ1) is 14.1. The second-order valence-corrected chi connectivity index (χ2v) is 7.87. The molecule has 2 N–H and O–H groups in total. The molecule has 29 heavy (non-hydrogen) atoms. The van der Waals surface area contributed by atoms with Gasteiger partial charge in [0.2, 0.25) is 0 Å². The molecule has 1 aliphatic heterocycles. The van der Waals surface area contributed by atoms with E-state index in [2.05, 4.69) is 0 Å². The minimum absolute atomic E-state index is 0.0373. The van der Waals surface area contributed by atoms with Crippen LogP contribution in [0.25, 0.3) is 0 Å². The third-order valence-electron chi connectivity index (χ3n) is 5.62. The van der Waals surface area contributed by atoms with E-state index in [9.17, 15) is 9.90 Å². The molecule has 0 spiro atoms. The number of hydrogen-bond donors (Lipinski definition) is 2. The molecule has 6 nitrogen and oxygen atoms in total. The molecule has 1 saturated heterocycles. The molecule has 0 radical (unpaired) electrons. The molecule has 3 unspecified atom stereocenters. The van der Waals surface area contributed by atoms with Gasteiger partial charge < -0.3 is 24.4 Å². The van der Waals surface area contributed by atoms with Crippen LogP contribution in [0.3, 0.4) is 0 Å². The maximum atomic E-state index is 10.6. The molecule has 2 aliphatic rings. The van der Waals surface area contributed by atoms with Gasteiger partial charge in [0.15, 0.2) is 6.29 Å². The maximum absolute atomic E-state index is 10.6. The van der Waals surface area contributed by atoms with Crippen LogP contribution >= 0.6 is 0 Å². The Kier molecular flexibility index (Phi) is 8.52. The van der Waals surface area contributed by atoms with Gasteiger partial charge in [0.25, 0.3) is 0 Å². The van der Waals surface area contributed by atoms with Crippen molar-refractivity contribution in [2.24, 2.45) is 5.92 Å². The lowest BCUT2D eigenvalue weighted by Gasteiger charge is -2.37. The first-order valence-electron chi connectivity index (χ1n) is 10.7. The van der Waals surface area contributed by atoms with Crippen LogP contribution in [0, 0.1) is 5.92 Å². The summed E-state index contributed by atoms with van der Waals surface area (Å²) >= 11 is 0. The Labute approximate surface area is 172 Å². The third kappa shape index (κ3) is 6.84. The number of carbonyl (C=O) groups is 1. The fourth-order valence-corrected chi connectivity index (χ4v) is 4.01. The van der Waals surface area contributed by atoms with Crippen LogP contribution in [-0.4, -0.2) is 41.8 Å². The summed E-state index contributed by atoms with van der Waals surface area (Å²) in [5.74, 6) is -0.548. The first-order valence-corrected chi connectivity index (χ1v) is 10.7. The number of hydrogen-bond acceptors (Lipinski definition) is 5. The van der Waals surface area contributed by atoms with Crippen molar-refractivity contribution in [3.8, 4) is 5.75 Å². The molecule has 1 aliphatic carbocycles. The molecular formula is C23H32O6. The van der Waals surface area contributed by atoms with Crippen LogP contribution in [0.1, 0.15) is 63.0 Å². The predicted molar refractivity (Wildman–Crippen MR) is 109 cm³/mol. The fourth-order valence-electron chi connectivity index (χ4n) is 4.01. The monoisotopic (exact) mass is 404 g/mol. The molecule has 1 aromatic carbocycles. The molecule has 1 heterocycles. The standard InChI is InChI=1S/C23H32O6/c24-20-13-8-7-12-19(20)23-17(9-3-1-6-14-21(25)26)15-28-22(29-23)16-27-18-10-4-2-5-11-18/h1,3,7-8,12-13,17-18,22-24H,2,4-6,9-11,14-16H2,(H,25,26)/b3-1-. The highest BCUT2D eigenvalue weighted by Gasteiger charge is 2.34. The smallest absolute Gasteiger partial charge is 0.303 e. The number of para-hydroxylation sites is 1. The average molecular weight is 405 g/mol. The summed E-state index contributed by atoms with van der Waals surface area (Å²) < 4.78 is 18.2. The molecule has 0 aromatic heterocycles. The summed E-state index contributed by atoms with van der Waals surface area (Å²) in [5, 5.41) is 19.1. The lowest BCUT2D eigenvalue weighted by atomic mass is 9.91. The van der Waals surface area contributed by atoms with Crippen LogP contribution in [0.2, 0.25) is 0 Å². The van der Waals surface area contributed by atoms with Crippen molar-refractivity contribution in [1.82, 2.24) is 0 Å². The van der Waals surface area contributed by atoms with Gasteiger partial charge in [-0.3, -0.25) is 4.79 Å². The van der Waals surface area contributed by atoms with Gasteiger partial charge in [-0.25, -0.2) is 0 Å². The zero-order valence-electron chi connectivity index (χ0n) is 16.9. The maximum Gasteiger partial charge on any atom is 0.303 e. The van der Waals surface area contributed by atoms with E-state index >= 15 is 0 Å². The van der Waals surface area contributed by atoms with Crippen molar-refractivity contribution in [3.05, 3.63) is 42.0 Å². The number of ether oxygens (including phenoxy) is 3. The summed E-state index contributed by atoms with van der Waals surface area (Å²) in [5.41, 5.74) is 0.752. The highest BCUT2D eigenvalue weighted by atomic mass is 16.7. The Balaban J connectivity index is 1.59. The summed E-state index contributed by atoms with van der Waals surface area (Å²) in [7, 11) is 0. The number of carboxylic acids is 1. The second kappa shape index (κ2) is 11.3. The minimum Gasteiger partial charge on any atom is -0.508 e. The number of aromatic hydroxyl groups is 1. The molecule has 3 rings (SSSR count). The Bertz CT molecular complexity index is 667. The quantitative estimate of drug-likeness (QED) is 0.586. The molecule has 6 heteroatoms. The number of rotatable bonds is 9. The molecule has 160 valence electrons. The number of carboxylic acid groups (broad SMARTS) is 1. The highest BCUT2D eigenvalue weighted by Crippen LogP contribution is 2.38. The van der Waals surface area contributed by atoms with E-state index in [4.69, 9.17) is 19.3 Å². The van der Waals surface area contributed by atoms with Gasteiger partial charge in [-0.1, -0.05) is 49.6 Å². The summed E-state index contributed by atoms with van der Waals surface area (Å²) in [6.45, 7) is 0.900. The van der Waals surface area contributed by atoms with Gasteiger partial charge in [0.1, 0.15) is 5.75 Å². The van der Waals surface area contributed by atoms with Gasteiger partial charge in [-0.2, -0.15) is 0 Å². The summed E-state index contributed by atoms with van der Waals surface area (Å²) in [6, 6.07) is 7.23. The zero-order valence-corrected chi connectivity index (χ0v) is 16.9. The molecule has 1 saturated carbocycles. The van der Waals surface area contributed by atoms with E-state index in [1.807, 2.05) is 24.3 Å². The summed E-state index contributed by atoms with van der Waals surface area (Å²) in [6.07, 6.45) is 10.6. The van der Waals surface area contributed by atoms with Crippen molar-refractivity contribution < 1.29 is 29.2 Å². The van der Waals surface area contributed by atoms with Crippen molar-refractivity contribution in [1.29, 1.82) is 0 Å². The van der Waals surface area contributed by atoms with Gasteiger partial charge in [-0.15, -0.1) is 0 Å². The topological polar surface area (TPSA) is 85.2 Å². The van der Waals surface area contributed by atoms with Crippen molar-refractivity contribution in [2.45, 2.75) is 69.9 Å². The number of phenols is 1. The minimum atomic E-state index is -0.799. The lowest BCUT2D eigenvalue weighted by Crippen LogP contribution is -2.38. The van der Waals surface area contributed by atoms with E-state index in [-0.39, 0.29) is 30.3 Å². The van der Waals surface area contributed by atoms with E-state index < -0.39 is 12.3 Å². The van der Waals surface area contributed by atoms with Crippen molar-refractivity contribution in [2.75, 3.05) is 13.2 Å². The van der Waals surface area contributed by atoms with Gasteiger partial charge in [-0.05, 0) is 31.7 Å². The van der Waals surface area contributed by atoms with Crippen LogP contribution < -0.4 is 0 Å². The normalized spacial score (nSPS) is 26.0. The average Bonchev–Trinajstić information content (AvgIpc) is 2.73. The molecule has 2 fully saturated rings. The number of allylic oxidation sites excluding steroid dienone is 2. The Morgan fingerprint density at radius 1 is 1.17 bits per heavy atom. The number of aliphatic carboxylic acids is 1. The Morgan fingerprint density at radius 2 is 1.97 bits per heavy atom. The van der Waals surface area contributed by atoms with Gasteiger partial charge in [0.05, 0.1) is 25.4 Å². The van der Waals surface area contributed by atoms with Crippen LogP contribution in [0.15, 0.2) is 36.4 Å². The van der Waals surface area contributed by atoms with Crippen LogP contribution in [-0.2, 0) is 19.0 Å². The Hall–Kier alpha value is -1.89. The van der Waals surface area contributed by atoms with E-state index in [0.29, 0.717) is 26.1 Å². The first kappa shape index (κ1) is 21.8. The summed E-state index contributed by atoms with van der Waals surface area (Å²) in [4.78, 5) is 10.6. The van der Waals surface area contributed by atoms with Crippen molar-refractivity contribution >= 4 is 5.97 Å². The second-order valence-electron chi connectivity index (χ2n) is 7.87. The van der Waals surface area contributed by atoms with Crippen LogP contribution in [0.5, 0.6) is 5.75 Å². The third-order valence-corrected chi connectivity index (χ3v) is 5.62. The van der Waals surface area contributed by atoms with Crippen molar-refractivity contribution in [3.63, 3.8) is 0 Å². The lowest BCUT2D eigenvalue weighted by molar-refractivity contribution is -0.260. The van der Waals surface area contributed by atoms with E-state index in [0.717, 1.165) is 18.4 Å². The highest BCUT2D eigenvalue weighted by molar-refractivity contribution is 5.66. The Morgan fingerprint density at radius 3 is 2.72 bits per heavy atom. The molecular weight excluding hydrogens is 372 g/mol. The molecule has 0 bridgehead atoms. The molecule has 0 amide bonds. The van der Waals surface area contributed by atoms with E-state index in [1.54, 1.807) is 12.1 Å². The zero-order chi connectivity index (χ0) is 20.5. The SMILES string of the molecule is O=C(O)CC/C=C\CC1COC(COC2CCCCC2)OC1c1ccccc1O. The molecule has 1 aromatic rings. The number of phenolic OH excluding ortho intramolecular Hbond substituents is 1. The fraction of sp³-hybridized carbons (Fsp3) is 0.609. The predicted octanol–water partition coefficient (Wildman–Crippen LogP) is 4.58. The van der Waals surface area contributed by atoms with E-state index in [1.165, 1.54) is 19.3 Å². The number of benzene rings is 1. The largest absolute Gasteiger partial charge is 0.508 e.